The number of rotatable bonds is 1. The van der Waals surface area contributed by atoms with Gasteiger partial charge in [0.05, 0.1) is 0 Å². The zero-order valence-electron chi connectivity index (χ0n) is 5.76. The zero-order chi connectivity index (χ0) is 7.98. The van der Waals surface area contributed by atoms with Crippen molar-refractivity contribution in [2.24, 2.45) is 0 Å². The van der Waals surface area contributed by atoms with Crippen molar-refractivity contribution in [3.8, 4) is 0 Å². The SMILES string of the molecule is CC(C)=CC=C=[C]=[Ru]([Cl])[Cl]. The van der Waals surface area contributed by atoms with Crippen molar-refractivity contribution in [1.29, 1.82) is 0 Å². The van der Waals surface area contributed by atoms with E-state index in [1.54, 1.807) is 6.08 Å². The fraction of sp³-hybridized carbons (Fsp3) is 0.286. The van der Waals surface area contributed by atoms with Crippen LogP contribution >= 0.6 is 19.4 Å². The molecule has 0 bridgehead atoms. The molecular formula is C7H8Cl2Ru. The van der Waals surface area contributed by atoms with Crippen LogP contribution in [0.1, 0.15) is 13.8 Å². The van der Waals surface area contributed by atoms with Crippen LogP contribution in [0.15, 0.2) is 23.5 Å². The van der Waals surface area contributed by atoms with Crippen LogP contribution in [0.2, 0.25) is 0 Å². The van der Waals surface area contributed by atoms with Gasteiger partial charge in [0.2, 0.25) is 0 Å². The quantitative estimate of drug-likeness (QED) is 0.388. The summed E-state index contributed by atoms with van der Waals surface area (Å²) in [6.45, 7) is 4.02. The first-order valence-electron chi connectivity index (χ1n) is 2.60. The van der Waals surface area contributed by atoms with Crippen LogP contribution in [0.3, 0.4) is 0 Å². The predicted octanol–water partition coefficient (Wildman–Crippen LogP) is 2.99. The Kier molecular flexibility index (Phi) is 6.34. The van der Waals surface area contributed by atoms with Gasteiger partial charge in [-0.1, -0.05) is 0 Å². The second-order valence-corrected chi connectivity index (χ2v) is 7.14. The van der Waals surface area contributed by atoms with E-state index in [1.807, 2.05) is 19.9 Å². The van der Waals surface area contributed by atoms with Gasteiger partial charge in [-0.25, -0.2) is 0 Å². The average Bonchev–Trinajstić information content (AvgIpc) is 1.79. The fourth-order valence-corrected chi connectivity index (χ4v) is 1.07. The third kappa shape index (κ3) is 8.37. The molecule has 0 spiro atoms. The summed E-state index contributed by atoms with van der Waals surface area (Å²) in [5.41, 5.74) is 3.98. The van der Waals surface area contributed by atoms with Gasteiger partial charge in [0, 0.05) is 0 Å². The van der Waals surface area contributed by atoms with E-state index >= 15 is 0 Å². The van der Waals surface area contributed by atoms with Gasteiger partial charge in [0.25, 0.3) is 0 Å². The van der Waals surface area contributed by atoms with Crippen molar-refractivity contribution in [2.75, 3.05) is 0 Å². The third-order valence-corrected chi connectivity index (χ3v) is 1.99. The van der Waals surface area contributed by atoms with E-state index in [1.165, 1.54) is 5.57 Å². The fourth-order valence-electron chi connectivity index (χ4n) is 0.276. The maximum absolute atomic E-state index is 5.49. The van der Waals surface area contributed by atoms with Crippen LogP contribution in [0.25, 0.3) is 0 Å². The van der Waals surface area contributed by atoms with Gasteiger partial charge in [-0.3, -0.25) is 0 Å². The minimum absolute atomic E-state index is 1.22. The van der Waals surface area contributed by atoms with Gasteiger partial charge in [-0.15, -0.1) is 0 Å². The summed E-state index contributed by atoms with van der Waals surface area (Å²) in [5.74, 6) is 0. The molecule has 0 saturated heterocycles. The molecule has 3 heteroatoms. The zero-order valence-corrected chi connectivity index (χ0v) is 9.01. The molecule has 0 fully saturated rings. The van der Waals surface area contributed by atoms with Crippen LogP contribution in [-0.2, 0) is 13.5 Å². The summed E-state index contributed by atoms with van der Waals surface area (Å²) < 4.78 is 2.72. The van der Waals surface area contributed by atoms with E-state index in [4.69, 9.17) is 19.4 Å². The molecular weight excluding hydrogens is 256 g/mol. The molecule has 0 aliphatic carbocycles. The number of halogens is 2. The molecule has 0 N–H and O–H groups in total. The van der Waals surface area contributed by atoms with Gasteiger partial charge in [-0.2, -0.15) is 0 Å². The van der Waals surface area contributed by atoms with E-state index in [9.17, 15) is 0 Å². The molecule has 0 atom stereocenters. The van der Waals surface area contributed by atoms with Gasteiger partial charge < -0.3 is 0 Å². The minimum atomic E-state index is -1.75. The molecule has 0 aliphatic heterocycles. The second kappa shape index (κ2) is 6.11. The first-order valence-corrected chi connectivity index (χ1v) is 7.95. The van der Waals surface area contributed by atoms with Crippen molar-refractivity contribution in [1.82, 2.24) is 0 Å². The normalized spacial score (nSPS) is 9.00. The van der Waals surface area contributed by atoms with E-state index < -0.39 is 13.5 Å². The van der Waals surface area contributed by atoms with Crippen molar-refractivity contribution in [2.45, 2.75) is 13.8 Å². The average molecular weight is 264 g/mol. The van der Waals surface area contributed by atoms with Crippen LogP contribution in [0.4, 0.5) is 0 Å². The van der Waals surface area contributed by atoms with Crippen LogP contribution < -0.4 is 0 Å². The summed E-state index contributed by atoms with van der Waals surface area (Å²) in [6.07, 6.45) is 3.69. The molecule has 0 rings (SSSR count). The van der Waals surface area contributed by atoms with Crippen molar-refractivity contribution in [3.05, 3.63) is 23.5 Å². The topological polar surface area (TPSA) is 0 Å². The molecule has 0 aliphatic rings. The maximum atomic E-state index is 5.49. The predicted molar refractivity (Wildman–Crippen MR) is 44.2 cm³/mol. The molecule has 0 nitrogen and oxygen atoms in total. The Balaban J connectivity index is 4.28. The number of hydrogen-bond donors (Lipinski definition) is 0. The summed E-state index contributed by atoms with van der Waals surface area (Å²) in [6, 6.07) is 0. The number of allylic oxidation sites excluding steroid dienone is 3. The van der Waals surface area contributed by atoms with E-state index in [2.05, 4.69) is 10.00 Å². The second-order valence-electron chi connectivity index (χ2n) is 1.83. The Bertz CT molecular complexity index is 220. The Morgan fingerprint density at radius 1 is 1.40 bits per heavy atom. The Morgan fingerprint density at radius 3 is 2.40 bits per heavy atom. The van der Waals surface area contributed by atoms with Crippen molar-refractivity contribution in [3.63, 3.8) is 0 Å². The summed E-state index contributed by atoms with van der Waals surface area (Å²) in [5, 5.41) is 0. The molecule has 0 amide bonds. The summed E-state index contributed by atoms with van der Waals surface area (Å²) in [7, 11) is 11.0. The Labute approximate surface area is 74.3 Å². The van der Waals surface area contributed by atoms with Gasteiger partial charge in [0.15, 0.2) is 0 Å². The summed E-state index contributed by atoms with van der Waals surface area (Å²) >= 11 is -1.75. The molecule has 0 unspecified atom stereocenters. The van der Waals surface area contributed by atoms with Crippen molar-refractivity contribution >= 4 is 23.6 Å². The first-order chi connectivity index (χ1) is 4.63. The molecule has 10 heavy (non-hydrogen) atoms. The summed E-state index contributed by atoms with van der Waals surface area (Å²) in [4.78, 5) is 0. The molecule has 0 heterocycles. The van der Waals surface area contributed by atoms with Crippen LogP contribution in [0.5, 0.6) is 0 Å². The van der Waals surface area contributed by atoms with Crippen LogP contribution in [-0.4, -0.2) is 4.26 Å². The van der Waals surface area contributed by atoms with E-state index in [-0.39, 0.29) is 0 Å². The third-order valence-electron chi connectivity index (χ3n) is 0.618. The Hall–Kier alpha value is 0.373. The monoisotopic (exact) mass is 264 g/mol. The first kappa shape index (κ1) is 10.4. The molecule has 0 aromatic rings. The Morgan fingerprint density at radius 2 is 2.00 bits per heavy atom. The molecule has 58 valence electrons. The van der Waals surface area contributed by atoms with Gasteiger partial charge >= 0.3 is 74.5 Å². The molecule has 0 saturated carbocycles. The van der Waals surface area contributed by atoms with Gasteiger partial charge in [0.1, 0.15) is 0 Å². The standard InChI is InChI=1S/C7H8.2ClH.Ru/c1-4-5-6-7(2)3;;;/h5-6H,2-3H3;2*1H;/q;;;+2/p-2. The van der Waals surface area contributed by atoms with Crippen molar-refractivity contribution < 1.29 is 13.5 Å². The molecule has 0 radical (unpaired) electrons. The van der Waals surface area contributed by atoms with Crippen LogP contribution in [0, 0.1) is 0 Å². The van der Waals surface area contributed by atoms with E-state index in [0.29, 0.717) is 0 Å². The molecule has 0 aromatic carbocycles. The van der Waals surface area contributed by atoms with E-state index in [0.717, 1.165) is 0 Å². The van der Waals surface area contributed by atoms with Gasteiger partial charge in [-0.05, 0) is 0 Å². The molecule has 0 aromatic heterocycles. The number of hydrogen-bond acceptors (Lipinski definition) is 0.